The molecule has 0 fully saturated rings. The number of sulfone groups is 1. The van der Waals surface area contributed by atoms with Crippen LogP contribution in [0.5, 0.6) is 0 Å². The predicted octanol–water partition coefficient (Wildman–Crippen LogP) is 1.69. The first kappa shape index (κ1) is 11.6. The summed E-state index contributed by atoms with van der Waals surface area (Å²) in [6.45, 7) is 3.76. The van der Waals surface area contributed by atoms with Crippen LogP contribution in [0.4, 0.5) is 0 Å². The molecule has 1 aliphatic rings. The van der Waals surface area contributed by atoms with Gasteiger partial charge in [-0.1, -0.05) is 18.2 Å². The van der Waals surface area contributed by atoms with Crippen LogP contribution in [0.25, 0.3) is 0 Å². The number of hydrogen-bond donors (Lipinski definition) is 1. The maximum Gasteiger partial charge on any atom is 0.181 e. The van der Waals surface area contributed by atoms with Crippen LogP contribution in [-0.2, 0) is 16.3 Å². The van der Waals surface area contributed by atoms with Crippen molar-refractivity contribution >= 4 is 9.84 Å². The smallest absolute Gasteiger partial charge is 0.181 e. The molecule has 3 nitrogen and oxygen atoms in total. The van der Waals surface area contributed by atoms with Crippen LogP contribution in [0.2, 0.25) is 0 Å². The molecule has 1 aromatic carbocycles. The second-order valence-corrected chi connectivity index (χ2v) is 6.71. The molecule has 0 aromatic heterocycles. The minimum atomic E-state index is -3.11. The highest BCUT2D eigenvalue weighted by molar-refractivity contribution is 7.92. The molecule has 16 heavy (non-hydrogen) atoms. The highest BCUT2D eigenvalue weighted by Gasteiger charge is 2.36. The van der Waals surface area contributed by atoms with Gasteiger partial charge in [-0.15, -0.1) is 0 Å². The second-order valence-electron chi connectivity index (χ2n) is 4.41. The lowest BCUT2D eigenvalue weighted by molar-refractivity contribution is 0.584. The third kappa shape index (κ3) is 1.57. The molecule has 0 spiro atoms. The van der Waals surface area contributed by atoms with Crippen molar-refractivity contribution in [2.45, 2.75) is 36.5 Å². The number of nitrogens with one attached hydrogen (secondary N) is 1. The Morgan fingerprint density at radius 3 is 2.75 bits per heavy atom. The lowest BCUT2D eigenvalue weighted by Crippen LogP contribution is -2.17. The molecule has 2 rings (SSSR count). The molecule has 88 valence electrons. The van der Waals surface area contributed by atoms with Crippen molar-refractivity contribution in [1.82, 2.24) is 5.32 Å². The van der Waals surface area contributed by atoms with E-state index in [2.05, 4.69) is 5.32 Å². The molecule has 0 aliphatic carbocycles. The fourth-order valence-corrected chi connectivity index (χ4v) is 4.12. The van der Waals surface area contributed by atoms with Crippen LogP contribution < -0.4 is 5.32 Å². The quantitative estimate of drug-likeness (QED) is 0.854. The lowest BCUT2D eigenvalue weighted by atomic mass is 10.0. The highest BCUT2D eigenvalue weighted by atomic mass is 32.2. The molecule has 1 N–H and O–H groups in total. The van der Waals surface area contributed by atoms with Gasteiger partial charge in [-0.05, 0) is 38.4 Å². The van der Waals surface area contributed by atoms with Gasteiger partial charge < -0.3 is 5.32 Å². The summed E-state index contributed by atoms with van der Waals surface area (Å²) >= 11 is 0. The molecule has 1 aliphatic heterocycles. The summed E-state index contributed by atoms with van der Waals surface area (Å²) in [6.07, 6.45) is 0.641. The van der Waals surface area contributed by atoms with Gasteiger partial charge in [0.1, 0.15) is 0 Å². The molecular formula is C12H17NO2S. The van der Waals surface area contributed by atoms with E-state index in [4.69, 9.17) is 0 Å². The molecule has 1 aromatic rings. The number of hydrogen-bond acceptors (Lipinski definition) is 3. The normalized spacial score (nSPS) is 24.1. The van der Waals surface area contributed by atoms with Crippen molar-refractivity contribution in [2.75, 3.05) is 7.05 Å². The summed E-state index contributed by atoms with van der Waals surface area (Å²) < 4.78 is 24.4. The van der Waals surface area contributed by atoms with E-state index in [-0.39, 0.29) is 11.3 Å². The Morgan fingerprint density at radius 2 is 2.12 bits per heavy atom. The maximum absolute atomic E-state index is 12.2. The minimum Gasteiger partial charge on any atom is -0.313 e. The summed E-state index contributed by atoms with van der Waals surface area (Å²) in [7, 11) is -1.27. The summed E-state index contributed by atoms with van der Waals surface area (Å²) in [5, 5.41) is 2.81. The zero-order chi connectivity index (χ0) is 11.9. The first-order valence-corrected chi connectivity index (χ1v) is 7.06. The van der Waals surface area contributed by atoms with Crippen molar-refractivity contribution in [3.63, 3.8) is 0 Å². The monoisotopic (exact) mass is 239 g/mol. The van der Waals surface area contributed by atoms with E-state index >= 15 is 0 Å². The zero-order valence-electron chi connectivity index (χ0n) is 9.82. The van der Waals surface area contributed by atoms with Crippen LogP contribution in [0.15, 0.2) is 23.1 Å². The number of benzene rings is 1. The number of rotatable bonds is 2. The molecule has 2 atom stereocenters. The molecule has 1 heterocycles. The predicted molar refractivity (Wildman–Crippen MR) is 64.3 cm³/mol. The van der Waals surface area contributed by atoms with Gasteiger partial charge in [-0.3, -0.25) is 0 Å². The van der Waals surface area contributed by atoms with Gasteiger partial charge in [-0.2, -0.15) is 0 Å². The molecule has 0 bridgehead atoms. The fraction of sp³-hybridized carbons (Fsp3) is 0.500. The summed E-state index contributed by atoms with van der Waals surface area (Å²) in [5.74, 6) is 0. The van der Waals surface area contributed by atoms with Gasteiger partial charge in [0.15, 0.2) is 9.84 Å². The molecule has 0 radical (unpaired) electrons. The van der Waals surface area contributed by atoms with E-state index in [1.165, 1.54) is 0 Å². The third-order valence-electron chi connectivity index (χ3n) is 3.35. The first-order valence-electron chi connectivity index (χ1n) is 5.51. The van der Waals surface area contributed by atoms with Crippen molar-refractivity contribution in [2.24, 2.45) is 0 Å². The lowest BCUT2D eigenvalue weighted by Gasteiger charge is -2.14. The average Bonchev–Trinajstić information content (AvgIpc) is 2.49. The third-order valence-corrected chi connectivity index (χ3v) is 5.64. The molecule has 0 amide bonds. The largest absolute Gasteiger partial charge is 0.313 e. The van der Waals surface area contributed by atoms with E-state index in [0.29, 0.717) is 11.3 Å². The van der Waals surface area contributed by atoms with Crippen LogP contribution in [-0.4, -0.2) is 20.7 Å². The standard InChI is InChI=1S/C12H17NO2S/c1-8-7-10-5-4-6-11(9(2)13-3)12(10)16(8,14)15/h4-6,8-9,13H,7H2,1-3H3. The topological polar surface area (TPSA) is 46.2 Å². The summed E-state index contributed by atoms with van der Waals surface area (Å²) in [4.78, 5) is 0.560. The maximum atomic E-state index is 12.2. The Labute approximate surface area is 96.8 Å². The number of fused-ring (bicyclic) bond motifs is 1. The van der Waals surface area contributed by atoms with E-state index in [1.54, 1.807) is 6.92 Å². The van der Waals surface area contributed by atoms with E-state index < -0.39 is 9.84 Å². The average molecular weight is 239 g/mol. The Hall–Kier alpha value is -0.870. The van der Waals surface area contributed by atoms with Gasteiger partial charge in [-0.25, -0.2) is 8.42 Å². The Morgan fingerprint density at radius 1 is 1.44 bits per heavy atom. The zero-order valence-corrected chi connectivity index (χ0v) is 10.6. The first-order chi connectivity index (χ1) is 7.48. The Kier molecular flexibility index (Phi) is 2.80. The van der Waals surface area contributed by atoms with E-state index in [1.807, 2.05) is 32.2 Å². The minimum absolute atomic E-state index is 0.0648. The fourth-order valence-electron chi connectivity index (χ4n) is 2.23. The van der Waals surface area contributed by atoms with Gasteiger partial charge in [0, 0.05) is 6.04 Å². The molecule has 0 saturated carbocycles. The van der Waals surface area contributed by atoms with Crippen molar-refractivity contribution in [3.8, 4) is 0 Å². The summed E-state index contributed by atoms with van der Waals surface area (Å²) in [5.41, 5.74) is 1.86. The SMILES string of the molecule is CNC(C)c1cccc2c1S(=O)(=O)C(C)C2. The van der Waals surface area contributed by atoms with Crippen LogP contribution in [0, 0.1) is 0 Å². The van der Waals surface area contributed by atoms with E-state index in [9.17, 15) is 8.42 Å². The second kappa shape index (κ2) is 3.86. The molecule has 2 unspecified atom stereocenters. The van der Waals surface area contributed by atoms with Crippen molar-refractivity contribution in [3.05, 3.63) is 29.3 Å². The van der Waals surface area contributed by atoms with Gasteiger partial charge in [0.05, 0.1) is 10.1 Å². The summed E-state index contributed by atoms with van der Waals surface area (Å²) in [6, 6.07) is 5.82. The van der Waals surface area contributed by atoms with Crippen molar-refractivity contribution in [1.29, 1.82) is 0 Å². The van der Waals surface area contributed by atoms with Crippen LogP contribution >= 0.6 is 0 Å². The molecule has 0 saturated heterocycles. The van der Waals surface area contributed by atoms with Crippen LogP contribution in [0.3, 0.4) is 0 Å². The van der Waals surface area contributed by atoms with Gasteiger partial charge >= 0.3 is 0 Å². The Balaban J connectivity index is 2.66. The van der Waals surface area contributed by atoms with Crippen molar-refractivity contribution < 1.29 is 8.42 Å². The molecule has 4 heteroatoms. The molecular weight excluding hydrogens is 222 g/mol. The van der Waals surface area contributed by atoms with Gasteiger partial charge in [0.2, 0.25) is 0 Å². The van der Waals surface area contributed by atoms with E-state index in [0.717, 1.165) is 11.1 Å². The highest BCUT2D eigenvalue weighted by Crippen LogP contribution is 2.36. The van der Waals surface area contributed by atoms with Crippen LogP contribution in [0.1, 0.15) is 31.0 Å². The Bertz CT molecular complexity index is 508. The van der Waals surface area contributed by atoms with Gasteiger partial charge in [0.25, 0.3) is 0 Å².